The Bertz CT molecular complexity index is 524. The Labute approximate surface area is 141 Å². The van der Waals surface area contributed by atoms with Crippen LogP contribution in [0.4, 0.5) is 0 Å². The van der Waals surface area contributed by atoms with E-state index in [-0.39, 0.29) is 11.9 Å². The van der Waals surface area contributed by atoms with Crippen LogP contribution >= 0.6 is 24.0 Å². The van der Waals surface area contributed by atoms with Crippen LogP contribution in [0.15, 0.2) is 23.1 Å². The molecule has 0 radical (unpaired) electrons. The molecule has 0 fully saturated rings. The van der Waals surface area contributed by atoms with Crippen LogP contribution in [0.3, 0.4) is 0 Å². The summed E-state index contributed by atoms with van der Waals surface area (Å²) < 4.78 is 5.00. The van der Waals surface area contributed by atoms with Crippen LogP contribution < -0.4 is 16.2 Å². The molecule has 1 aromatic rings. The number of benzene rings is 1. The summed E-state index contributed by atoms with van der Waals surface area (Å²) in [6.45, 7) is 6.55. The lowest BCUT2D eigenvalue weighted by atomic mass is 10.2. The van der Waals surface area contributed by atoms with Crippen LogP contribution in [0.5, 0.6) is 0 Å². The molecule has 1 amide bonds. The highest BCUT2D eigenvalue weighted by Gasteiger charge is 2.07. The van der Waals surface area contributed by atoms with E-state index in [2.05, 4.69) is 34.4 Å². The summed E-state index contributed by atoms with van der Waals surface area (Å²) in [6, 6.07) is 6.28. The number of methoxy groups -OCH3 is 1. The lowest BCUT2D eigenvalue weighted by molar-refractivity contribution is -0.119. The van der Waals surface area contributed by atoms with Gasteiger partial charge in [0.1, 0.15) is 0 Å². The van der Waals surface area contributed by atoms with Gasteiger partial charge in [0.25, 0.3) is 0 Å². The number of thiocarbonyl (C=S) groups is 1. The van der Waals surface area contributed by atoms with E-state index in [9.17, 15) is 4.79 Å². The zero-order valence-electron chi connectivity index (χ0n) is 13.4. The van der Waals surface area contributed by atoms with E-state index in [4.69, 9.17) is 17.0 Å². The molecule has 1 aromatic carbocycles. The first-order valence-corrected chi connectivity index (χ1v) is 8.36. The minimum atomic E-state index is -0.130. The molecule has 0 aromatic heterocycles. The lowest BCUT2D eigenvalue weighted by Gasteiger charge is -2.16. The van der Waals surface area contributed by atoms with Crippen molar-refractivity contribution in [1.82, 2.24) is 16.2 Å². The van der Waals surface area contributed by atoms with E-state index in [0.717, 1.165) is 4.90 Å². The first-order valence-electron chi connectivity index (χ1n) is 6.96. The molecule has 0 bridgehead atoms. The molecule has 0 unspecified atom stereocenters. The van der Waals surface area contributed by atoms with E-state index in [1.165, 1.54) is 22.9 Å². The Kier molecular flexibility index (Phi) is 8.22. The average molecular weight is 342 g/mol. The fraction of sp³-hybridized carbons (Fsp3) is 0.467. The molecule has 0 saturated carbocycles. The van der Waals surface area contributed by atoms with Crippen molar-refractivity contribution in [3.05, 3.63) is 29.3 Å². The van der Waals surface area contributed by atoms with Gasteiger partial charge in [0, 0.05) is 18.0 Å². The molecule has 0 aliphatic heterocycles. The maximum atomic E-state index is 11.8. The monoisotopic (exact) mass is 341 g/mol. The Morgan fingerprint density at radius 1 is 1.36 bits per heavy atom. The van der Waals surface area contributed by atoms with Crippen molar-refractivity contribution >= 4 is 35.0 Å². The van der Waals surface area contributed by atoms with Crippen molar-refractivity contribution in [2.24, 2.45) is 0 Å². The summed E-state index contributed by atoms with van der Waals surface area (Å²) in [5.41, 5.74) is 7.62. The van der Waals surface area contributed by atoms with Crippen molar-refractivity contribution in [3.8, 4) is 0 Å². The van der Waals surface area contributed by atoms with Crippen molar-refractivity contribution < 1.29 is 9.53 Å². The van der Waals surface area contributed by atoms with Gasteiger partial charge >= 0.3 is 0 Å². The van der Waals surface area contributed by atoms with Gasteiger partial charge in [-0.15, -0.1) is 11.8 Å². The number of ether oxygens (including phenoxy) is 1. The van der Waals surface area contributed by atoms with Gasteiger partial charge < -0.3 is 10.1 Å². The maximum absolute atomic E-state index is 11.8. The van der Waals surface area contributed by atoms with Gasteiger partial charge in [-0.1, -0.05) is 17.7 Å². The smallest absolute Gasteiger partial charge is 0.248 e. The summed E-state index contributed by atoms with van der Waals surface area (Å²) >= 11 is 6.59. The second-order valence-corrected chi connectivity index (χ2v) is 6.49. The quantitative estimate of drug-likeness (QED) is 0.417. The second kappa shape index (κ2) is 9.66. The summed E-state index contributed by atoms with van der Waals surface area (Å²) in [4.78, 5) is 12.9. The van der Waals surface area contributed by atoms with E-state index < -0.39 is 0 Å². The topological polar surface area (TPSA) is 62.4 Å². The van der Waals surface area contributed by atoms with Gasteiger partial charge in [0.05, 0.1) is 12.4 Å². The van der Waals surface area contributed by atoms with E-state index in [1.54, 1.807) is 7.11 Å². The van der Waals surface area contributed by atoms with Crippen molar-refractivity contribution in [2.45, 2.75) is 31.7 Å². The average Bonchev–Trinajstić information content (AvgIpc) is 2.46. The number of nitrogens with one attached hydrogen (secondary N) is 3. The number of thioether (sulfide) groups is 1. The minimum absolute atomic E-state index is 0.0752. The number of hydrogen-bond acceptors (Lipinski definition) is 4. The SMILES string of the molecule is COC[C@@H](C)NC(=S)NNC(=O)CSc1cc(C)ccc1C. The van der Waals surface area contributed by atoms with Gasteiger partial charge in [0.2, 0.25) is 5.91 Å². The molecule has 0 saturated heterocycles. The van der Waals surface area contributed by atoms with Crippen LogP contribution in [0.1, 0.15) is 18.1 Å². The summed E-state index contributed by atoms with van der Waals surface area (Å²) in [6.07, 6.45) is 0. The Morgan fingerprint density at radius 3 is 2.77 bits per heavy atom. The van der Waals surface area contributed by atoms with Crippen LogP contribution in [-0.4, -0.2) is 36.5 Å². The highest BCUT2D eigenvalue weighted by atomic mass is 32.2. The maximum Gasteiger partial charge on any atom is 0.248 e. The van der Waals surface area contributed by atoms with Gasteiger partial charge in [0.15, 0.2) is 5.11 Å². The first-order chi connectivity index (χ1) is 10.4. The largest absolute Gasteiger partial charge is 0.383 e. The Hall–Kier alpha value is -1.31. The summed E-state index contributed by atoms with van der Waals surface area (Å²) in [5, 5.41) is 3.37. The normalized spacial score (nSPS) is 11.6. The lowest BCUT2D eigenvalue weighted by Crippen LogP contribution is -2.50. The van der Waals surface area contributed by atoms with Gasteiger partial charge in [-0.3, -0.25) is 15.6 Å². The highest BCUT2D eigenvalue weighted by molar-refractivity contribution is 8.00. The fourth-order valence-corrected chi connectivity index (χ4v) is 2.90. The zero-order valence-corrected chi connectivity index (χ0v) is 15.0. The first kappa shape index (κ1) is 18.7. The third kappa shape index (κ3) is 7.11. The molecule has 0 aliphatic carbocycles. The zero-order chi connectivity index (χ0) is 16.5. The predicted octanol–water partition coefficient (Wildman–Crippen LogP) is 1.93. The molecular weight excluding hydrogens is 318 g/mol. The van der Waals surface area contributed by atoms with E-state index >= 15 is 0 Å². The molecule has 3 N–H and O–H groups in total. The summed E-state index contributed by atoms with van der Waals surface area (Å²) in [7, 11) is 1.63. The van der Waals surface area contributed by atoms with Gasteiger partial charge in [-0.05, 0) is 44.6 Å². The second-order valence-electron chi connectivity index (χ2n) is 5.06. The molecule has 0 aliphatic rings. The molecule has 0 spiro atoms. The van der Waals surface area contributed by atoms with Gasteiger partial charge in [-0.2, -0.15) is 0 Å². The number of carbonyl (C=O) groups excluding carboxylic acids is 1. The van der Waals surface area contributed by atoms with Crippen LogP contribution in [-0.2, 0) is 9.53 Å². The number of hydrazine groups is 1. The van der Waals surface area contributed by atoms with E-state index in [0.29, 0.717) is 17.5 Å². The number of rotatable bonds is 6. The molecule has 5 nitrogen and oxygen atoms in total. The number of aryl methyl sites for hydroxylation is 2. The van der Waals surface area contributed by atoms with Crippen molar-refractivity contribution in [3.63, 3.8) is 0 Å². The molecule has 0 heterocycles. The number of carbonyl (C=O) groups is 1. The fourth-order valence-electron chi connectivity index (χ4n) is 1.72. The standard InChI is InChI=1S/C15H23N3O2S2/c1-10-5-6-11(2)13(7-10)22-9-14(19)17-18-15(21)16-12(3)8-20-4/h5-7,12H,8-9H2,1-4H3,(H,17,19)(H2,16,18,21)/t12-/m1/s1. The van der Waals surface area contributed by atoms with Gasteiger partial charge in [-0.25, -0.2) is 0 Å². The Balaban J connectivity index is 2.31. The summed E-state index contributed by atoms with van der Waals surface area (Å²) in [5.74, 6) is 0.197. The third-order valence-electron chi connectivity index (χ3n) is 2.81. The highest BCUT2D eigenvalue weighted by Crippen LogP contribution is 2.23. The third-order valence-corrected chi connectivity index (χ3v) is 4.19. The molecule has 122 valence electrons. The van der Waals surface area contributed by atoms with Crippen LogP contribution in [0.2, 0.25) is 0 Å². The number of amides is 1. The molecule has 1 atom stereocenters. The van der Waals surface area contributed by atoms with Crippen LogP contribution in [0.25, 0.3) is 0 Å². The van der Waals surface area contributed by atoms with Crippen molar-refractivity contribution in [2.75, 3.05) is 19.5 Å². The Morgan fingerprint density at radius 2 is 2.09 bits per heavy atom. The molecule has 1 rings (SSSR count). The minimum Gasteiger partial charge on any atom is -0.383 e. The number of hydrogen-bond donors (Lipinski definition) is 3. The van der Waals surface area contributed by atoms with Crippen molar-refractivity contribution in [1.29, 1.82) is 0 Å². The molecular formula is C15H23N3O2S2. The predicted molar refractivity (Wildman–Crippen MR) is 95.0 cm³/mol. The van der Waals surface area contributed by atoms with E-state index in [1.807, 2.05) is 20.8 Å². The molecule has 7 heteroatoms. The molecule has 22 heavy (non-hydrogen) atoms. The van der Waals surface area contributed by atoms with Crippen LogP contribution in [0, 0.1) is 13.8 Å².